The van der Waals surface area contributed by atoms with Crippen LogP contribution in [0.15, 0.2) is 0 Å². The first-order valence-corrected chi connectivity index (χ1v) is 4.40. The molecule has 0 bridgehead atoms. The summed E-state index contributed by atoms with van der Waals surface area (Å²) in [5.74, 6) is -0.829. The number of halogens is 1. The summed E-state index contributed by atoms with van der Waals surface area (Å²) in [6.07, 6.45) is -0.794. The highest BCUT2D eigenvalue weighted by Crippen LogP contribution is 1.83. The Kier molecular flexibility index (Phi) is 13.7. The number of aliphatic hydroxyl groups is 2. The lowest BCUT2D eigenvalue weighted by atomic mass is 10.4. The van der Waals surface area contributed by atoms with Crippen molar-refractivity contribution < 1.29 is 24.3 Å². The second kappa shape index (κ2) is 11.2. The van der Waals surface area contributed by atoms with Crippen LogP contribution >= 0.6 is 28.8 Å². The van der Waals surface area contributed by atoms with Crippen LogP contribution in [0.4, 0.5) is 0 Å². The van der Waals surface area contributed by atoms with E-state index in [0.29, 0.717) is 0 Å². The molecule has 0 aliphatic heterocycles. The Hall–Kier alpha value is 0.180. The summed E-state index contributed by atoms with van der Waals surface area (Å²) in [7, 11) is 0. The average molecular weight is 263 g/mol. The van der Waals surface area contributed by atoms with Crippen molar-refractivity contribution in [3.63, 3.8) is 0 Å². The number of carboxylic acid groups (broad SMARTS) is 1. The molecule has 1 unspecified atom stereocenters. The summed E-state index contributed by atoms with van der Waals surface area (Å²) in [5.41, 5.74) is 0. The minimum atomic E-state index is -0.829. The van der Waals surface area contributed by atoms with Crippen LogP contribution in [0.25, 0.3) is 0 Å². The molecule has 74 valence electrons. The lowest BCUT2D eigenvalue weighted by Crippen LogP contribution is -2.16. The summed E-state index contributed by atoms with van der Waals surface area (Å²) in [4.78, 5) is 9.32. The number of aliphatic carboxylic acids is 1. The first-order chi connectivity index (χ1) is 5.58. The predicted octanol–water partition coefficient (Wildman–Crippen LogP) is -0.333. The summed E-state index contributed by atoms with van der Waals surface area (Å²) in [6.45, 7) is -0.208. The molecule has 0 saturated carbocycles. The molecule has 12 heavy (non-hydrogen) atoms. The van der Waals surface area contributed by atoms with Gasteiger partial charge in [-0.15, -0.1) is 0 Å². The van der Waals surface area contributed by atoms with Crippen LogP contribution in [0, 0.1) is 0 Å². The molecule has 0 amide bonds. The highest BCUT2D eigenvalue weighted by Gasteiger charge is 1.97. The summed E-state index contributed by atoms with van der Waals surface area (Å²) in [6, 6.07) is 0. The number of thiol groups is 1. The molecular formula is C5H11BrO5S. The van der Waals surface area contributed by atoms with E-state index in [1.54, 1.807) is 0 Å². The number of hydrogen-bond donors (Lipinski definition) is 4. The van der Waals surface area contributed by atoms with Crippen LogP contribution in [0.2, 0.25) is 0 Å². The van der Waals surface area contributed by atoms with Gasteiger partial charge in [-0.25, -0.2) is 0 Å². The highest BCUT2D eigenvalue weighted by atomic mass is 79.9. The molecule has 0 saturated heterocycles. The summed E-state index contributed by atoms with van der Waals surface area (Å²) in [5, 5.41) is 24.2. The Morgan fingerprint density at radius 2 is 2.08 bits per heavy atom. The number of carboxylic acids is 1. The van der Waals surface area contributed by atoms with Gasteiger partial charge in [0.05, 0.1) is 13.2 Å². The van der Waals surface area contributed by atoms with Gasteiger partial charge in [-0.1, -0.05) is 15.9 Å². The van der Waals surface area contributed by atoms with Crippen LogP contribution in [0.1, 0.15) is 0 Å². The molecule has 0 aromatic heterocycles. The molecule has 0 spiro atoms. The average Bonchev–Trinajstić information content (AvgIpc) is 2.06. The van der Waals surface area contributed by atoms with Crippen LogP contribution in [-0.2, 0) is 8.98 Å². The van der Waals surface area contributed by atoms with E-state index in [9.17, 15) is 4.79 Å². The summed E-state index contributed by atoms with van der Waals surface area (Å²) < 4.78 is 4.18. The van der Waals surface area contributed by atoms with Crippen LogP contribution in [-0.4, -0.2) is 45.9 Å². The quantitative estimate of drug-likeness (QED) is 0.317. The molecule has 0 aromatic carbocycles. The third kappa shape index (κ3) is 16.6. The van der Waals surface area contributed by atoms with Crippen molar-refractivity contribution in [1.29, 1.82) is 0 Å². The minimum Gasteiger partial charge on any atom is -0.481 e. The molecule has 0 heterocycles. The number of aliphatic hydroxyl groups excluding tert-OH is 2. The highest BCUT2D eigenvalue weighted by molar-refractivity contribution is 9.09. The molecule has 5 nitrogen and oxygen atoms in total. The third-order valence-electron chi connectivity index (χ3n) is 0.592. The fourth-order valence-corrected chi connectivity index (χ4v) is 0.311. The number of hydrogen-bond acceptors (Lipinski definition) is 5. The lowest BCUT2D eigenvalue weighted by Gasteiger charge is -2.00. The Bertz CT molecular complexity index is 112. The molecule has 7 heteroatoms. The maximum Gasteiger partial charge on any atom is 0.314 e. The molecule has 0 aliphatic rings. The molecule has 0 fully saturated rings. The molecule has 0 aromatic rings. The lowest BCUT2D eigenvalue weighted by molar-refractivity contribution is -0.133. The largest absolute Gasteiger partial charge is 0.481 e. The smallest absolute Gasteiger partial charge is 0.314 e. The van der Waals surface area contributed by atoms with Crippen LogP contribution in [0.5, 0.6) is 0 Å². The van der Waals surface area contributed by atoms with E-state index >= 15 is 0 Å². The van der Waals surface area contributed by atoms with E-state index in [4.69, 9.17) is 15.3 Å². The maximum absolute atomic E-state index is 9.32. The second-order valence-electron chi connectivity index (χ2n) is 1.66. The fraction of sp³-hybridized carbons (Fsp3) is 0.800. The monoisotopic (exact) mass is 262 g/mol. The number of alkyl halides is 1. The first kappa shape index (κ1) is 14.7. The normalized spacial score (nSPS) is 11.3. The van der Waals surface area contributed by atoms with Crippen molar-refractivity contribution in [3.05, 3.63) is 0 Å². The third-order valence-corrected chi connectivity index (χ3v) is 1.22. The van der Waals surface area contributed by atoms with Gasteiger partial charge in [0.15, 0.2) is 0 Å². The van der Waals surface area contributed by atoms with E-state index in [-0.39, 0.29) is 18.5 Å². The zero-order valence-electron chi connectivity index (χ0n) is 6.18. The van der Waals surface area contributed by atoms with Gasteiger partial charge in [0.25, 0.3) is 0 Å². The molecule has 0 radical (unpaired) electrons. The van der Waals surface area contributed by atoms with Gasteiger partial charge in [0.2, 0.25) is 0 Å². The van der Waals surface area contributed by atoms with Crippen molar-refractivity contribution in [2.75, 3.05) is 18.5 Å². The van der Waals surface area contributed by atoms with Gasteiger partial charge in [0.1, 0.15) is 11.4 Å². The first-order valence-electron chi connectivity index (χ1n) is 2.91. The van der Waals surface area contributed by atoms with Gasteiger partial charge < -0.3 is 19.5 Å². The van der Waals surface area contributed by atoms with E-state index in [0.717, 1.165) is 0 Å². The number of carbonyl (C=O) groups is 1. The van der Waals surface area contributed by atoms with E-state index in [1.807, 2.05) is 0 Å². The zero-order valence-corrected chi connectivity index (χ0v) is 8.66. The summed E-state index contributed by atoms with van der Waals surface area (Å²) >= 11 is 6.06. The SMILES string of the molecule is O=C(O)CBr.OCC(O)COS. The van der Waals surface area contributed by atoms with Crippen molar-refractivity contribution in [2.24, 2.45) is 0 Å². The van der Waals surface area contributed by atoms with Crippen molar-refractivity contribution in [3.8, 4) is 0 Å². The maximum atomic E-state index is 9.32. The van der Waals surface area contributed by atoms with Crippen molar-refractivity contribution in [1.82, 2.24) is 0 Å². The topological polar surface area (TPSA) is 87.0 Å². The Labute approximate surface area is 84.1 Å². The fourth-order valence-electron chi connectivity index (χ4n) is 0.139. The van der Waals surface area contributed by atoms with Crippen LogP contribution in [0.3, 0.4) is 0 Å². The molecule has 0 aliphatic carbocycles. The molecular weight excluding hydrogens is 252 g/mol. The van der Waals surface area contributed by atoms with E-state index in [2.05, 4.69) is 33.0 Å². The van der Waals surface area contributed by atoms with Crippen LogP contribution < -0.4 is 0 Å². The molecule has 3 N–H and O–H groups in total. The molecule has 0 rings (SSSR count). The standard InChI is InChI=1S/C3H8O3S.C2H3BrO2/c4-1-3(5)2-6-7;3-1-2(4)5/h3-5,7H,1-2H2;1H2,(H,4,5). The van der Waals surface area contributed by atoms with Gasteiger partial charge in [-0.05, 0) is 12.9 Å². The second-order valence-corrected chi connectivity index (χ2v) is 2.48. The predicted molar refractivity (Wildman–Crippen MR) is 49.5 cm³/mol. The molecule has 1 atom stereocenters. The van der Waals surface area contributed by atoms with Crippen molar-refractivity contribution >= 4 is 34.8 Å². The minimum absolute atomic E-state index is 0.0347. The van der Waals surface area contributed by atoms with Gasteiger partial charge in [0, 0.05) is 0 Å². The van der Waals surface area contributed by atoms with Gasteiger partial charge >= 0.3 is 5.97 Å². The van der Waals surface area contributed by atoms with Crippen molar-refractivity contribution in [2.45, 2.75) is 6.10 Å². The van der Waals surface area contributed by atoms with E-state index < -0.39 is 12.1 Å². The Morgan fingerprint density at radius 1 is 1.67 bits per heavy atom. The Balaban J connectivity index is 0. The number of rotatable bonds is 4. The van der Waals surface area contributed by atoms with Gasteiger partial charge in [-0.3, -0.25) is 4.79 Å². The zero-order chi connectivity index (χ0) is 9.98. The van der Waals surface area contributed by atoms with E-state index in [1.165, 1.54) is 0 Å². The van der Waals surface area contributed by atoms with Gasteiger partial charge in [-0.2, -0.15) is 0 Å². The Morgan fingerprint density at radius 3 is 2.17 bits per heavy atom.